The molecule has 1 unspecified atom stereocenters. The summed E-state index contributed by atoms with van der Waals surface area (Å²) in [7, 11) is 0. The average Bonchev–Trinajstić information content (AvgIpc) is 2.71. The molecule has 0 aromatic carbocycles. The van der Waals surface area contributed by atoms with Crippen LogP contribution in [-0.4, -0.2) is 37.6 Å². The Balaban J connectivity index is 2.01. The maximum Gasteiger partial charge on any atom is 0.0107 e. The molecule has 1 rings (SSSR count). The zero-order valence-electron chi connectivity index (χ0n) is 13.3. The molecule has 0 bridgehead atoms. The van der Waals surface area contributed by atoms with Crippen molar-refractivity contribution in [1.29, 1.82) is 0 Å². The summed E-state index contributed by atoms with van der Waals surface area (Å²) >= 11 is 0. The number of nitrogens with zero attached hydrogens (tertiary/aromatic N) is 1. The average molecular weight is 254 g/mol. The fourth-order valence-electron chi connectivity index (χ4n) is 2.74. The molecule has 1 atom stereocenters. The van der Waals surface area contributed by atoms with Crippen LogP contribution in [0, 0.1) is 17.3 Å². The zero-order chi connectivity index (χ0) is 13.6. The smallest absolute Gasteiger partial charge is 0.0107 e. The molecule has 0 aromatic rings. The van der Waals surface area contributed by atoms with Gasteiger partial charge in [0.25, 0.3) is 0 Å². The highest BCUT2D eigenvalue weighted by atomic mass is 15.2. The predicted molar refractivity (Wildman–Crippen MR) is 80.9 cm³/mol. The van der Waals surface area contributed by atoms with Crippen molar-refractivity contribution in [3.05, 3.63) is 0 Å². The number of likely N-dealkylation sites (tertiary alicyclic amines) is 1. The van der Waals surface area contributed by atoms with Crippen molar-refractivity contribution >= 4 is 0 Å². The summed E-state index contributed by atoms with van der Waals surface area (Å²) < 4.78 is 0. The summed E-state index contributed by atoms with van der Waals surface area (Å²) in [4.78, 5) is 2.63. The van der Waals surface area contributed by atoms with Gasteiger partial charge in [0.2, 0.25) is 0 Å². The Morgan fingerprint density at radius 3 is 2.50 bits per heavy atom. The lowest BCUT2D eigenvalue weighted by Gasteiger charge is -2.27. The normalized spacial score (nSPS) is 22.0. The van der Waals surface area contributed by atoms with Gasteiger partial charge in [-0.15, -0.1) is 0 Å². The molecule has 1 heterocycles. The van der Waals surface area contributed by atoms with Crippen LogP contribution in [0.5, 0.6) is 0 Å². The highest BCUT2D eigenvalue weighted by Crippen LogP contribution is 2.33. The molecule has 0 amide bonds. The lowest BCUT2D eigenvalue weighted by atomic mass is 9.80. The summed E-state index contributed by atoms with van der Waals surface area (Å²) in [6, 6.07) is 0. The second-order valence-electron chi connectivity index (χ2n) is 7.44. The van der Waals surface area contributed by atoms with Crippen LogP contribution in [0.2, 0.25) is 0 Å². The van der Waals surface area contributed by atoms with Crippen molar-refractivity contribution in [2.45, 2.75) is 53.9 Å². The lowest BCUT2D eigenvalue weighted by Crippen LogP contribution is -2.32. The summed E-state index contributed by atoms with van der Waals surface area (Å²) in [5.74, 6) is 1.73. The first-order valence-corrected chi connectivity index (χ1v) is 7.82. The largest absolute Gasteiger partial charge is 0.315 e. The molecule has 1 fully saturated rings. The highest BCUT2D eigenvalue weighted by molar-refractivity contribution is 4.83. The van der Waals surface area contributed by atoms with Crippen molar-refractivity contribution < 1.29 is 0 Å². The van der Waals surface area contributed by atoms with Crippen LogP contribution in [0.4, 0.5) is 0 Å². The van der Waals surface area contributed by atoms with Crippen molar-refractivity contribution in [1.82, 2.24) is 10.2 Å². The van der Waals surface area contributed by atoms with Crippen LogP contribution >= 0.6 is 0 Å². The first kappa shape index (κ1) is 16.0. The number of hydrogen-bond acceptors (Lipinski definition) is 2. The molecule has 2 heteroatoms. The SMILES string of the molecule is CC(C)CCCNCCN1CCC(C(C)(C)C)C1. The third-order valence-electron chi connectivity index (χ3n) is 4.24. The molecule has 0 aromatic heterocycles. The van der Waals surface area contributed by atoms with Gasteiger partial charge >= 0.3 is 0 Å². The van der Waals surface area contributed by atoms with Gasteiger partial charge < -0.3 is 10.2 Å². The topological polar surface area (TPSA) is 15.3 Å². The first-order chi connectivity index (χ1) is 8.39. The van der Waals surface area contributed by atoms with Crippen molar-refractivity contribution in [2.24, 2.45) is 17.3 Å². The standard InChI is InChI=1S/C16H34N2/c1-14(2)7-6-9-17-10-12-18-11-8-15(13-18)16(3,4)5/h14-15,17H,6-13H2,1-5H3. The van der Waals surface area contributed by atoms with Gasteiger partial charge in [0.1, 0.15) is 0 Å². The molecule has 1 N–H and O–H groups in total. The van der Waals surface area contributed by atoms with E-state index in [0.717, 1.165) is 18.4 Å². The minimum atomic E-state index is 0.486. The van der Waals surface area contributed by atoms with Gasteiger partial charge in [0, 0.05) is 19.6 Å². The Bertz CT molecular complexity index is 218. The molecule has 1 aliphatic rings. The van der Waals surface area contributed by atoms with Gasteiger partial charge in [-0.3, -0.25) is 0 Å². The van der Waals surface area contributed by atoms with E-state index in [9.17, 15) is 0 Å². The molecule has 108 valence electrons. The number of rotatable bonds is 7. The molecule has 1 aliphatic heterocycles. The molecule has 18 heavy (non-hydrogen) atoms. The second-order valence-corrected chi connectivity index (χ2v) is 7.44. The molecule has 0 radical (unpaired) electrons. The van der Waals surface area contributed by atoms with Gasteiger partial charge in [0.15, 0.2) is 0 Å². The fraction of sp³-hybridized carbons (Fsp3) is 1.00. The summed E-state index contributed by atoms with van der Waals surface area (Å²) in [6.45, 7) is 17.9. The van der Waals surface area contributed by atoms with E-state index in [1.165, 1.54) is 45.4 Å². The molecule has 0 aliphatic carbocycles. The van der Waals surface area contributed by atoms with Crippen LogP contribution in [-0.2, 0) is 0 Å². The van der Waals surface area contributed by atoms with E-state index in [1.807, 2.05) is 0 Å². The van der Waals surface area contributed by atoms with Crippen LogP contribution in [0.25, 0.3) is 0 Å². The van der Waals surface area contributed by atoms with Crippen LogP contribution in [0.3, 0.4) is 0 Å². The van der Waals surface area contributed by atoms with E-state index < -0.39 is 0 Å². The molecular formula is C16H34N2. The highest BCUT2D eigenvalue weighted by Gasteiger charge is 2.31. The zero-order valence-corrected chi connectivity index (χ0v) is 13.3. The number of nitrogens with one attached hydrogen (secondary N) is 1. The van der Waals surface area contributed by atoms with Gasteiger partial charge in [-0.1, -0.05) is 34.6 Å². The van der Waals surface area contributed by atoms with Gasteiger partial charge in [0.05, 0.1) is 0 Å². The van der Waals surface area contributed by atoms with Gasteiger partial charge in [-0.2, -0.15) is 0 Å². The molecule has 1 saturated heterocycles. The van der Waals surface area contributed by atoms with Crippen LogP contribution in [0.1, 0.15) is 53.9 Å². The third kappa shape index (κ3) is 6.19. The van der Waals surface area contributed by atoms with E-state index in [4.69, 9.17) is 0 Å². The molecule has 0 saturated carbocycles. The summed E-state index contributed by atoms with van der Waals surface area (Å²) in [6.07, 6.45) is 4.06. The first-order valence-electron chi connectivity index (χ1n) is 7.82. The Kier molecular flexibility index (Phi) is 6.65. The van der Waals surface area contributed by atoms with Gasteiger partial charge in [-0.05, 0) is 49.6 Å². The van der Waals surface area contributed by atoms with E-state index in [2.05, 4.69) is 44.8 Å². The minimum absolute atomic E-state index is 0.486. The van der Waals surface area contributed by atoms with Gasteiger partial charge in [-0.25, -0.2) is 0 Å². The quantitative estimate of drug-likeness (QED) is 0.701. The Morgan fingerprint density at radius 2 is 1.94 bits per heavy atom. The van der Waals surface area contributed by atoms with Crippen LogP contribution in [0.15, 0.2) is 0 Å². The van der Waals surface area contributed by atoms with Crippen molar-refractivity contribution in [3.8, 4) is 0 Å². The maximum absolute atomic E-state index is 3.58. The monoisotopic (exact) mass is 254 g/mol. The minimum Gasteiger partial charge on any atom is -0.315 e. The Labute approximate surface area is 115 Å². The van der Waals surface area contributed by atoms with Crippen LogP contribution < -0.4 is 5.32 Å². The predicted octanol–water partition coefficient (Wildman–Crippen LogP) is 3.38. The van der Waals surface area contributed by atoms with E-state index in [-0.39, 0.29) is 0 Å². The fourth-order valence-corrected chi connectivity index (χ4v) is 2.74. The van der Waals surface area contributed by atoms with Crippen molar-refractivity contribution in [2.75, 3.05) is 32.7 Å². The van der Waals surface area contributed by atoms with E-state index in [1.54, 1.807) is 0 Å². The maximum atomic E-state index is 3.58. The molecule has 2 nitrogen and oxygen atoms in total. The second kappa shape index (κ2) is 7.49. The molecular weight excluding hydrogens is 220 g/mol. The Morgan fingerprint density at radius 1 is 1.22 bits per heavy atom. The van der Waals surface area contributed by atoms with E-state index >= 15 is 0 Å². The lowest BCUT2D eigenvalue weighted by molar-refractivity contribution is 0.229. The summed E-state index contributed by atoms with van der Waals surface area (Å²) in [5.41, 5.74) is 0.486. The van der Waals surface area contributed by atoms with E-state index in [0.29, 0.717) is 5.41 Å². The number of hydrogen-bond donors (Lipinski definition) is 1. The summed E-state index contributed by atoms with van der Waals surface area (Å²) in [5, 5.41) is 3.58. The molecule has 0 spiro atoms. The Hall–Kier alpha value is -0.0800. The third-order valence-corrected chi connectivity index (χ3v) is 4.24. The van der Waals surface area contributed by atoms with Crippen molar-refractivity contribution in [3.63, 3.8) is 0 Å².